The predicted molar refractivity (Wildman–Crippen MR) is 62.9 cm³/mol. The molecule has 0 bridgehead atoms. The molecule has 0 saturated carbocycles. The molecular weight excluding hydrogens is 261 g/mol. The van der Waals surface area contributed by atoms with Gasteiger partial charge in [-0.25, -0.2) is 4.39 Å². The Morgan fingerprint density at radius 1 is 1.53 bits per heavy atom. The Bertz CT molecular complexity index is 343. The lowest BCUT2D eigenvalue weighted by Gasteiger charge is -2.06. The van der Waals surface area contributed by atoms with E-state index in [1.807, 2.05) is 6.07 Å². The third-order valence-corrected chi connectivity index (χ3v) is 2.61. The fourth-order valence-corrected chi connectivity index (χ4v) is 1.77. The van der Waals surface area contributed by atoms with Crippen molar-refractivity contribution in [2.45, 2.75) is 6.61 Å². The van der Waals surface area contributed by atoms with Crippen molar-refractivity contribution >= 4 is 22.0 Å². The van der Waals surface area contributed by atoms with Gasteiger partial charge in [-0.05, 0) is 17.7 Å². The number of hydrogen-bond donors (Lipinski definition) is 1. The predicted octanol–water partition coefficient (Wildman–Crippen LogP) is 2.71. The average molecular weight is 274 g/mol. The summed E-state index contributed by atoms with van der Waals surface area (Å²) in [5.74, 6) is -0.275. The van der Waals surface area contributed by atoms with Gasteiger partial charge < -0.3 is 10.5 Å². The summed E-state index contributed by atoms with van der Waals surface area (Å²) in [7, 11) is 1.54. The summed E-state index contributed by atoms with van der Waals surface area (Å²) >= 11 is 3.31. The van der Waals surface area contributed by atoms with E-state index in [0.29, 0.717) is 16.6 Å². The molecule has 1 aromatic rings. The van der Waals surface area contributed by atoms with Gasteiger partial charge in [0.1, 0.15) is 5.82 Å². The second-order valence-electron chi connectivity index (χ2n) is 3.03. The summed E-state index contributed by atoms with van der Waals surface area (Å²) in [6.45, 7) is 0.701. The highest BCUT2D eigenvalue weighted by atomic mass is 79.9. The van der Waals surface area contributed by atoms with Crippen molar-refractivity contribution in [2.24, 2.45) is 5.73 Å². The molecular formula is C11H13BrFNO. The smallest absolute Gasteiger partial charge is 0.130 e. The maximum atomic E-state index is 13.6. The van der Waals surface area contributed by atoms with Crippen LogP contribution >= 0.6 is 15.9 Å². The van der Waals surface area contributed by atoms with Crippen molar-refractivity contribution in [2.75, 3.05) is 13.7 Å². The number of ether oxygens (including phenoxy) is 1. The highest BCUT2D eigenvalue weighted by molar-refractivity contribution is 9.10. The zero-order valence-corrected chi connectivity index (χ0v) is 10.1. The lowest BCUT2D eigenvalue weighted by Crippen LogP contribution is -1.96. The highest BCUT2D eigenvalue weighted by Crippen LogP contribution is 2.23. The van der Waals surface area contributed by atoms with E-state index in [0.717, 1.165) is 5.56 Å². The molecule has 0 unspecified atom stereocenters. The van der Waals surface area contributed by atoms with Gasteiger partial charge in [-0.2, -0.15) is 0 Å². The van der Waals surface area contributed by atoms with Crippen LogP contribution in [0.1, 0.15) is 11.1 Å². The van der Waals surface area contributed by atoms with Crippen LogP contribution in [0.15, 0.2) is 22.7 Å². The third kappa shape index (κ3) is 3.41. The first-order valence-electron chi connectivity index (χ1n) is 4.52. The molecule has 0 aliphatic carbocycles. The number of hydrogen-bond acceptors (Lipinski definition) is 2. The molecule has 0 heterocycles. The van der Waals surface area contributed by atoms with E-state index in [9.17, 15) is 4.39 Å². The minimum Gasteiger partial charge on any atom is -0.380 e. The lowest BCUT2D eigenvalue weighted by molar-refractivity contribution is 0.181. The Hall–Kier alpha value is -0.710. The molecule has 4 heteroatoms. The molecule has 0 aromatic heterocycles. The van der Waals surface area contributed by atoms with Crippen LogP contribution in [0.5, 0.6) is 0 Å². The maximum absolute atomic E-state index is 13.6. The maximum Gasteiger partial charge on any atom is 0.130 e. The van der Waals surface area contributed by atoms with Crippen LogP contribution < -0.4 is 5.73 Å². The minimum atomic E-state index is -0.275. The molecule has 0 saturated heterocycles. The van der Waals surface area contributed by atoms with Gasteiger partial charge in [0.25, 0.3) is 0 Å². The Labute approximate surface area is 97.1 Å². The highest BCUT2D eigenvalue weighted by Gasteiger charge is 2.07. The SMILES string of the molecule is COCc1c(F)cc(/C=C/CN)cc1Br. The molecule has 0 radical (unpaired) electrons. The van der Waals surface area contributed by atoms with Crippen molar-refractivity contribution in [3.63, 3.8) is 0 Å². The van der Waals surface area contributed by atoms with Crippen LogP contribution in [0.3, 0.4) is 0 Å². The topological polar surface area (TPSA) is 35.2 Å². The van der Waals surface area contributed by atoms with Gasteiger partial charge in [0.2, 0.25) is 0 Å². The van der Waals surface area contributed by atoms with E-state index in [1.54, 1.807) is 12.2 Å². The van der Waals surface area contributed by atoms with Gasteiger partial charge in [0.15, 0.2) is 0 Å². The molecule has 82 valence electrons. The first kappa shape index (κ1) is 12.4. The standard InChI is InChI=1S/C11H13BrFNO/c1-15-7-9-10(12)5-8(3-2-4-14)6-11(9)13/h2-3,5-6H,4,7,14H2,1H3/b3-2+. The van der Waals surface area contributed by atoms with Crippen LogP contribution in [0.4, 0.5) is 4.39 Å². The van der Waals surface area contributed by atoms with Crippen LogP contribution in [0, 0.1) is 5.82 Å². The summed E-state index contributed by atoms with van der Waals surface area (Å²) in [5.41, 5.74) is 6.63. The lowest BCUT2D eigenvalue weighted by atomic mass is 10.1. The van der Waals surface area contributed by atoms with E-state index in [4.69, 9.17) is 10.5 Å². The van der Waals surface area contributed by atoms with Crippen molar-refractivity contribution in [3.8, 4) is 0 Å². The van der Waals surface area contributed by atoms with Crippen LogP contribution in [0.2, 0.25) is 0 Å². The van der Waals surface area contributed by atoms with Gasteiger partial charge in [0.05, 0.1) is 6.61 Å². The molecule has 0 spiro atoms. The molecule has 2 N–H and O–H groups in total. The molecule has 2 nitrogen and oxygen atoms in total. The van der Waals surface area contributed by atoms with E-state index in [2.05, 4.69) is 15.9 Å². The molecule has 0 fully saturated rings. The van der Waals surface area contributed by atoms with Crippen LogP contribution in [-0.2, 0) is 11.3 Å². The number of halogens is 2. The van der Waals surface area contributed by atoms with E-state index in [-0.39, 0.29) is 12.4 Å². The van der Waals surface area contributed by atoms with E-state index < -0.39 is 0 Å². The molecule has 1 rings (SSSR count). The summed E-state index contributed by atoms with van der Waals surface area (Å²) in [5, 5.41) is 0. The molecule has 0 aliphatic heterocycles. The van der Waals surface area contributed by atoms with Crippen LogP contribution in [0.25, 0.3) is 6.08 Å². The fourth-order valence-electron chi connectivity index (χ4n) is 1.21. The van der Waals surface area contributed by atoms with Gasteiger partial charge in [-0.15, -0.1) is 0 Å². The third-order valence-electron chi connectivity index (χ3n) is 1.90. The zero-order valence-electron chi connectivity index (χ0n) is 8.47. The zero-order chi connectivity index (χ0) is 11.3. The largest absolute Gasteiger partial charge is 0.380 e. The van der Waals surface area contributed by atoms with Gasteiger partial charge in [0, 0.05) is 23.7 Å². The fraction of sp³-hybridized carbons (Fsp3) is 0.273. The number of nitrogens with two attached hydrogens (primary N) is 1. The molecule has 0 amide bonds. The number of methoxy groups -OCH3 is 1. The first-order chi connectivity index (χ1) is 7.19. The second kappa shape index (κ2) is 6.00. The minimum absolute atomic E-state index is 0.257. The summed E-state index contributed by atoms with van der Waals surface area (Å²) in [6, 6.07) is 3.30. The summed E-state index contributed by atoms with van der Waals surface area (Å²) in [6.07, 6.45) is 3.56. The van der Waals surface area contributed by atoms with Crippen molar-refractivity contribution in [1.29, 1.82) is 0 Å². The van der Waals surface area contributed by atoms with Crippen molar-refractivity contribution in [1.82, 2.24) is 0 Å². The quantitative estimate of drug-likeness (QED) is 0.916. The Morgan fingerprint density at radius 2 is 2.27 bits per heavy atom. The normalized spacial score (nSPS) is 11.2. The van der Waals surface area contributed by atoms with Gasteiger partial charge in [-0.3, -0.25) is 0 Å². The monoisotopic (exact) mass is 273 g/mol. The van der Waals surface area contributed by atoms with E-state index >= 15 is 0 Å². The van der Waals surface area contributed by atoms with E-state index in [1.165, 1.54) is 13.2 Å². The molecule has 1 aromatic carbocycles. The van der Waals surface area contributed by atoms with Gasteiger partial charge in [-0.1, -0.05) is 28.1 Å². The average Bonchev–Trinajstić information content (AvgIpc) is 2.20. The van der Waals surface area contributed by atoms with Crippen LogP contribution in [-0.4, -0.2) is 13.7 Å². The van der Waals surface area contributed by atoms with Gasteiger partial charge >= 0.3 is 0 Å². The Kier molecular flexibility index (Phi) is 4.94. The number of rotatable bonds is 4. The molecule has 0 aliphatic rings. The first-order valence-corrected chi connectivity index (χ1v) is 5.31. The molecule has 0 atom stereocenters. The summed E-state index contributed by atoms with van der Waals surface area (Å²) < 4.78 is 19.2. The Balaban J connectivity index is 3.02. The number of benzene rings is 1. The Morgan fingerprint density at radius 3 is 2.80 bits per heavy atom. The summed E-state index contributed by atoms with van der Waals surface area (Å²) in [4.78, 5) is 0. The second-order valence-corrected chi connectivity index (χ2v) is 3.89. The molecule has 15 heavy (non-hydrogen) atoms. The van der Waals surface area contributed by atoms with Crippen molar-refractivity contribution in [3.05, 3.63) is 39.6 Å². The van der Waals surface area contributed by atoms with Crippen molar-refractivity contribution < 1.29 is 9.13 Å².